The molecular weight excluding hydrogens is 346 g/mol. The van der Waals surface area contributed by atoms with Crippen LogP contribution in [0.3, 0.4) is 0 Å². The van der Waals surface area contributed by atoms with E-state index in [1.54, 1.807) is 0 Å². The van der Waals surface area contributed by atoms with Crippen LogP contribution in [0, 0.1) is 19.8 Å². The summed E-state index contributed by atoms with van der Waals surface area (Å²) in [7, 11) is -3.34. The summed E-state index contributed by atoms with van der Waals surface area (Å²) in [5.74, 6) is 0.0531. The van der Waals surface area contributed by atoms with Crippen LogP contribution in [0.5, 0.6) is 0 Å². The van der Waals surface area contributed by atoms with E-state index >= 15 is 0 Å². The number of ketones is 1. The molecule has 26 heavy (non-hydrogen) atoms. The molecule has 0 saturated carbocycles. The van der Waals surface area contributed by atoms with E-state index in [0.717, 1.165) is 16.7 Å². The summed E-state index contributed by atoms with van der Waals surface area (Å²) in [6.45, 7) is 4.86. The van der Waals surface area contributed by atoms with Crippen LogP contribution in [0.2, 0.25) is 0 Å². The quantitative estimate of drug-likeness (QED) is 0.753. The molecule has 0 atom stereocenters. The van der Waals surface area contributed by atoms with E-state index in [0.29, 0.717) is 25.9 Å². The Labute approximate surface area is 155 Å². The highest BCUT2D eigenvalue weighted by Gasteiger charge is 2.31. The smallest absolute Gasteiger partial charge is 0.218 e. The number of nitrogens with zero attached hydrogens (tertiary/aromatic N) is 1. The van der Waals surface area contributed by atoms with Gasteiger partial charge in [-0.3, -0.25) is 4.79 Å². The minimum Gasteiger partial charge on any atom is -0.294 e. The molecule has 1 aliphatic rings. The molecule has 0 unspecified atom stereocenters. The van der Waals surface area contributed by atoms with Crippen molar-refractivity contribution in [2.24, 2.45) is 5.92 Å². The van der Waals surface area contributed by atoms with Crippen LogP contribution < -0.4 is 0 Å². The van der Waals surface area contributed by atoms with Gasteiger partial charge in [-0.25, -0.2) is 12.7 Å². The van der Waals surface area contributed by atoms with Gasteiger partial charge in [0.25, 0.3) is 0 Å². The first-order valence-corrected chi connectivity index (χ1v) is 10.6. The monoisotopic (exact) mass is 371 g/mol. The summed E-state index contributed by atoms with van der Waals surface area (Å²) >= 11 is 0. The Morgan fingerprint density at radius 3 is 2.27 bits per heavy atom. The van der Waals surface area contributed by atoms with Crippen LogP contribution in [0.25, 0.3) is 0 Å². The summed E-state index contributed by atoms with van der Waals surface area (Å²) in [4.78, 5) is 12.7. The lowest BCUT2D eigenvalue weighted by Gasteiger charge is -2.30. The van der Waals surface area contributed by atoms with Crippen molar-refractivity contribution in [3.8, 4) is 0 Å². The first-order valence-electron chi connectivity index (χ1n) is 9.00. The Hall–Kier alpha value is -1.98. The highest BCUT2D eigenvalue weighted by atomic mass is 32.2. The average Bonchev–Trinajstić information content (AvgIpc) is 2.64. The molecular formula is C21H25NO3S. The summed E-state index contributed by atoms with van der Waals surface area (Å²) in [6.07, 6.45) is 1.17. The number of carbonyl (C=O) groups is 1. The van der Waals surface area contributed by atoms with Crippen molar-refractivity contribution in [3.05, 3.63) is 70.8 Å². The normalized spacial score (nSPS) is 16.5. The number of aryl methyl sites for hydroxylation is 2. The molecule has 2 aromatic rings. The fourth-order valence-electron chi connectivity index (χ4n) is 3.40. The molecule has 4 nitrogen and oxygen atoms in total. The molecule has 0 N–H and O–H groups in total. The second kappa shape index (κ2) is 7.72. The van der Waals surface area contributed by atoms with E-state index in [1.165, 1.54) is 9.87 Å². The lowest BCUT2D eigenvalue weighted by molar-refractivity contribution is 0.0875. The van der Waals surface area contributed by atoms with Crippen molar-refractivity contribution in [3.63, 3.8) is 0 Å². The van der Waals surface area contributed by atoms with Gasteiger partial charge < -0.3 is 0 Å². The number of Topliss-reactive ketones (excluding diaryl/α,β-unsaturated/α-hetero) is 1. The molecule has 3 rings (SSSR count). The number of rotatable bonds is 5. The number of carbonyl (C=O) groups excluding carboxylic acids is 1. The van der Waals surface area contributed by atoms with Gasteiger partial charge in [0.2, 0.25) is 10.0 Å². The first kappa shape index (κ1) is 18.8. The van der Waals surface area contributed by atoms with Crippen molar-refractivity contribution < 1.29 is 13.2 Å². The molecule has 0 amide bonds. The summed E-state index contributed by atoms with van der Waals surface area (Å²) in [5, 5.41) is 0. The third-order valence-electron chi connectivity index (χ3n) is 5.20. The number of hydrogen-bond donors (Lipinski definition) is 0. The Kier molecular flexibility index (Phi) is 5.58. The fraction of sp³-hybridized carbons (Fsp3) is 0.381. The maximum absolute atomic E-state index is 12.7. The lowest BCUT2D eigenvalue weighted by atomic mass is 9.88. The van der Waals surface area contributed by atoms with E-state index in [4.69, 9.17) is 0 Å². The molecule has 0 aliphatic carbocycles. The Morgan fingerprint density at radius 2 is 1.65 bits per heavy atom. The molecule has 1 fully saturated rings. The van der Waals surface area contributed by atoms with Crippen LogP contribution in [-0.2, 0) is 15.8 Å². The van der Waals surface area contributed by atoms with Gasteiger partial charge in [-0.15, -0.1) is 0 Å². The van der Waals surface area contributed by atoms with E-state index in [9.17, 15) is 13.2 Å². The third kappa shape index (κ3) is 4.22. The highest BCUT2D eigenvalue weighted by Crippen LogP contribution is 2.25. The number of hydrogen-bond acceptors (Lipinski definition) is 3. The average molecular weight is 372 g/mol. The fourth-order valence-corrected chi connectivity index (χ4v) is 4.97. The van der Waals surface area contributed by atoms with Gasteiger partial charge >= 0.3 is 0 Å². The molecule has 138 valence electrons. The topological polar surface area (TPSA) is 54.5 Å². The largest absolute Gasteiger partial charge is 0.294 e. The van der Waals surface area contributed by atoms with E-state index < -0.39 is 10.0 Å². The van der Waals surface area contributed by atoms with Crippen molar-refractivity contribution >= 4 is 15.8 Å². The summed E-state index contributed by atoms with van der Waals surface area (Å²) < 4.78 is 26.8. The van der Waals surface area contributed by atoms with Gasteiger partial charge in [-0.1, -0.05) is 42.5 Å². The minimum atomic E-state index is -3.34. The molecule has 0 bridgehead atoms. The lowest BCUT2D eigenvalue weighted by Crippen LogP contribution is -2.40. The maximum Gasteiger partial charge on any atom is 0.218 e. The van der Waals surface area contributed by atoms with Gasteiger partial charge in [0.15, 0.2) is 5.78 Å². The summed E-state index contributed by atoms with van der Waals surface area (Å²) in [6, 6.07) is 15.0. The molecule has 0 spiro atoms. The third-order valence-corrected chi connectivity index (χ3v) is 7.05. The van der Waals surface area contributed by atoms with Crippen LogP contribution in [0.1, 0.15) is 39.9 Å². The zero-order valence-corrected chi connectivity index (χ0v) is 16.1. The zero-order valence-electron chi connectivity index (χ0n) is 15.3. The molecule has 1 saturated heterocycles. The Bertz CT molecular complexity index is 883. The minimum absolute atomic E-state index is 0.0175. The molecule has 1 heterocycles. The van der Waals surface area contributed by atoms with Gasteiger partial charge in [0.1, 0.15) is 0 Å². The standard InChI is InChI=1S/C21H25NO3S/c1-16-8-9-20(14-17(16)2)21(23)19-10-12-22(13-11-19)26(24,25)15-18-6-4-3-5-7-18/h3-9,14,19H,10-13,15H2,1-2H3. The van der Waals surface area contributed by atoms with Gasteiger partial charge in [-0.05, 0) is 49.4 Å². The second-order valence-corrected chi connectivity index (χ2v) is 9.05. The van der Waals surface area contributed by atoms with Crippen LogP contribution >= 0.6 is 0 Å². The highest BCUT2D eigenvalue weighted by molar-refractivity contribution is 7.88. The SMILES string of the molecule is Cc1ccc(C(=O)C2CCN(S(=O)(=O)Cc3ccccc3)CC2)cc1C. The molecule has 0 aromatic heterocycles. The summed E-state index contributed by atoms with van der Waals surface area (Å²) in [5.41, 5.74) is 3.81. The van der Waals surface area contributed by atoms with Crippen molar-refractivity contribution in [2.45, 2.75) is 32.4 Å². The van der Waals surface area contributed by atoms with Gasteiger partial charge in [0.05, 0.1) is 5.75 Å². The van der Waals surface area contributed by atoms with E-state index in [2.05, 4.69) is 0 Å². The van der Waals surface area contributed by atoms with Gasteiger partial charge in [-0.2, -0.15) is 0 Å². The number of sulfonamides is 1. The molecule has 0 radical (unpaired) electrons. The van der Waals surface area contributed by atoms with Crippen LogP contribution in [0.4, 0.5) is 0 Å². The maximum atomic E-state index is 12.7. The van der Waals surface area contributed by atoms with E-state index in [1.807, 2.05) is 62.4 Å². The number of piperidine rings is 1. The van der Waals surface area contributed by atoms with Crippen LogP contribution in [-0.4, -0.2) is 31.6 Å². The zero-order chi connectivity index (χ0) is 18.7. The Balaban J connectivity index is 1.63. The number of benzene rings is 2. The predicted molar refractivity (Wildman–Crippen MR) is 104 cm³/mol. The van der Waals surface area contributed by atoms with E-state index in [-0.39, 0.29) is 17.5 Å². The van der Waals surface area contributed by atoms with Crippen LogP contribution in [0.15, 0.2) is 48.5 Å². The molecule has 1 aliphatic heterocycles. The predicted octanol–water partition coefficient (Wildman–Crippen LogP) is 3.73. The Morgan fingerprint density at radius 1 is 1.00 bits per heavy atom. The van der Waals surface area contributed by atoms with Crippen molar-refractivity contribution in [1.82, 2.24) is 4.31 Å². The van der Waals surface area contributed by atoms with Crippen molar-refractivity contribution in [1.29, 1.82) is 0 Å². The first-order chi connectivity index (χ1) is 12.4. The van der Waals surface area contributed by atoms with Crippen molar-refractivity contribution in [2.75, 3.05) is 13.1 Å². The van der Waals surface area contributed by atoms with Gasteiger partial charge in [0, 0.05) is 24.6 Å². The second-order valence-electron chi connectivity index (χ2n) is 7.08. The molecule has 2 aromatic carbocycles. The molecule has 5 heteroatoms.